The minimum Gasteiger partial charge on any atom is -0.497 e. The van der Waals surface area contributed by atoms with Crippen molar-refractivity contribution in [2.45, 2.75) is 30.2 Å². The van der Waals surface area contributed by atoms with Crippen molar-refractivity contribution in [1.29, 1.82) is 0 Å². The zero-order valence-corrected chi connectivity index (χ0v) is 18.0. The number of nitrogens with zero attached hydrogens (tertiary/aromatic N) is 2. The Kier molecular flexibility index (Phi) is 5.40. The fourth-order valence-electron chi connectivity index (χ4n) is 4.28. The second-order valence-electron chi connectivity index (χ2n) is 8.04. The smallest absolute Gasteiger partial charge is 0.316 e. The van der Waals surface area contributed by atoms with Gasteiger partial charge in [0.1, 0.15) is 29.2 Å². The average Bonchev–Trinajstić information content (AvgIpc) is 3.28. The molecule has 2 aromatic carbocycles. The van der Waals surface area contributed by atoms with E-state index in [1.165, 1.54) is 13.2 Å². The molecule has 0 bridgehead atoms. The first-order valence-corrected chi connectivity index (χ1v) is 10.6. The molecule has 2 N–H and O–H groups in total. The Bertz CT molecular complexity index is 1210. The quantitative estimate of drug-likeness (QED) is 0.554. The maximum atomic E-state index is 14.6. The van der Waals surface area contributed by atoms with E-state index in [1.807, 2.05) is 0 Å². The molecule has 2 heterocycles. The maximum absolute atomic E-state index is 14.6. The largest absolute Gasteiger partial charge is 0.497 e. The topological polar surface area (TPSA) is 89.3 Å². The van der Waals surface area contributed by atoms with Crippen molar-refractivity contribution in [3.05, 3.63) is 69.8 Å². The summed E-state index contributed by atoms with van der Waals surface area (Å²) in [5.41, 5.74) is 0.268. The van der Waals surface area contributed by atoms with Crippen LogP contribution in [0.5, 0.6) is 5.75 Å². The van der Waals surface area contributed by atoms with Crippen LogP contribution in [0, 0.1) is 17.5 Å². The monoisotopic (exact) mass is 478 g/mol. The predicted molar refractivity (Wildman–Crippen MR) is 112 cm³/mol. The van der Waals surface area contributed by atoms with Gasteiger partial charge in [-0.2, -0.15) is 0 Å². The van der Waals surface area contributed by atoms with Gasteiger partial charge in [-0.15, -0.1) is 5.10 Å². The number of ether oxygens (including phenoxy) is 1. The van der Waals surface area contributed by atoms with Gasteiger partial charge in [-0.05, 0) is 30.0 Å². The molecule has 2 fully saturated rings. The first-order valence-electron chi connectivity index (χ1n) is 10.2. The summed E-state index contributed by atoms with van der Waals surface area (Å²) >= 11 is 5.81. The molecule has 1 amide bonds. The molecule has 33 heavy (non-hydrogen) atoms. The van der Waals surface area contributed by atoms with E-state index in [4.69, 9.17) is 20.8 Å². The van der Waals surface area contributed by atoms with E-state index < -0.39 is 35.3 Å². The van der Waals surface area contributed by atoms with Crippen molar-refractivity contribution < 1.29 is 27.1 Å². The number of carbonyl (C=O) groups excluding carboxylic acids is 1. The second kappa shape index (κ2) is 8.26. The van der Waals surface area contributed by atoms with Gasteiger partial charge in [0.05, 0.1) is 7.11 Å². The number of halogens is 4. The molecule has 1 aromatic heterocycles. The highest BCUT2D eigenvalue weighted by atomic mass is 35.5. The van der Waals surface area contributed by atoms with E-state index in [0.29, 0.717) is 17.0 Å². The predicted octanol–water partition coefficient (Wildman–Crippen LogP) is 4.11. The maximum Gasteiger partial charge on any atom is 0.316 e. The Morgan fingerprint density at radius 1 is 1.09 bits per heavy atom. The van der Waals surface area contributed by atoms with Crippen LogP contribution >= 0.6 is 11.6 Å². The molecule has 5 rings (SSSR count). The highest BCUT2D eigenvalue weighted by Gasteiger charge is 2.45. The van der Waals surface area contributed by atoms with Crippen molar-refractivity contribution in [3.63, 3.8) is 0 Å². The number of aromatic nitrogens is 2. The molecule has 2 aliphatic rings. The molecule has 0 radical (unpaired) electrons. The molecule has 11 heteroatoms. The van der Waals surface area contributed by atoms with Gasteiger partial charge in [-0.3, -0.25) is 4.79 Å². The Hall–Kier alpha value is -3.27. The van der Waals surface area contributed by atoms with Crippen LogP contribution in [-0.4, -0.2) is 35.8 Å². The minimum atomic E-state index is -1.03. The van der Waals surface area contributed by atoms with E-state index in [2.05, 4.69) is 20.8 Å². The number of rotatable bonds is 6. The molecule has 0 spiro atoms. The van der Waals surface area contributed by atoms with Gasteiger partial charge in [0, 0.05) is 41.1 Å². The second-order valence-corrected chi connectivity index (χ2v) is 8.47. The SMILES string of the molecule is COc1cc(F)c([C@@H]2CNC(=O)[C@H]2Nc2nnc(C3CC3c3ccc(Cl)cc3F)o2)c(F)c1. The zero-order valence-electron chi connectivity index (χ0n) is 17.2. The highest BCUT2D eigenvalue weighted by Crippen LogP contribution is 2.55. The van der Waals surface area contributed by atoms with Gasteiger partial charge < -0.3 is 19.8 Å². The van der Waals surface area contributed by atoms with Crippen LogP contribution in [0.15, 0.2) is 34.7 Å². The summed E-state index contributed by atoms with van der Waals surface area (Å²) in [5.74, 6) is -3.33. The first-order chi connectivity index (χ1) is 15.9. The molecule has 172 valence electrons. The first kappa shape index (κ1) is 21.6. The average molecular weight is 479 g/mol. The lowest BCUT2D eigenvalue weighted by molar-refractivity contribution is -0.119. The number of nitrogens with one attached hydrogen (secondary N) is 2. The number of anilines is 1. The van der Waals surface area contributed by atoms with Crippen molar-refractivity contribution in [3.8, 4) is 5.75 Å². The summed E-state index contributed by atoms with van der Waals surface area (Å²) in [7, 11) is 1.30. The van der Waals surface area contributed by atoms with Crippen LogP contribution in [0.25, 0.3) is 0 Å². The van der Waals surface area contributed by atoms with E-state index in [1.54, 1.807) is 12.1 Å². The Morgan fingerprint density at radius 2 is 1.85 bits per heavy atom. The summed E-state index contributed by atoms with van der Waals surface area (Å²) in [4.78, 5) is 12.4. The number of carbonyl (C=O) groups is 1. The fourth-order valence-corrected chi connectivity index (χ4v) is 4.44. The minimum absolute atomic E-state index is 0.0260. The molecule has 3 aromatic rings. The standard InChI is InChI=1S/C22H18ClF3N4O3/c1-32-10-5-16(25)18(17(26)6-10)14-8-27-20(31)19(14)28-22-30-29-21(33-22)13-7-12(13)11-3-2-9(23)4-15(11)24/h2-6,12-14,19H,7-8H2,1H3,(H,27,31)(H,28,30)/t12?,13?,14-,19-/m0/s1. The fraction of sp³-hybridized carbons (Fsp3) is 0.318. The Balaban J connectivity index is 1.33. The van der Waals surface area contributed by atoms with Gasteiger partial charge in [0.15, 0.2) is 0 Å². The molecular weight excluding hydrogens is 461 g/mol. The Morgan fingerprint density at radius 3 is 2.55 bits per heavy atom. The van der Waals surface area contributed by atoms with Crippen molar-refractivity contribution in [2.24, 2.45) is 0 Å². The normalized spacial score (nSPS) is 24.0. The summed E-state index contributed by atoms with van der Waals surface area (Å²) < 4.78 is 53.9. The summed E-state index contributed by atoms with van der Waals surface area (Å²) in [6, 6.07) is 5.53. The zero-order chi connectivity index (χ0) is 23.3. The van der Waals surface area contributed by atoms with Crippen molar-refractivity contribution >= 4 is 23.5 Å². The molecular formula is C22H18ClF3N4O3. The number of hydrogen-bond donors (Lipinski definition) is 2. The Labute approximate surface area is 191 Å². The number of benzene rings is 2. The van der Waals surface area contributed by atoms with Crippen molar-refractivity contribution in [1.82, 2.24) is 15.5 Å². The number of methoxy groups -OCH3 is 1. The van der Waals surface area contributed by atoms with E-state index in [9.17, 15) is 18.0 Å². The lowest BCUT2D eigenvalue weighted by atomic mass is 9.93. The molecule has 7 nitrogen and oxygen atoms in total. The molecule has 1 saturated heterocycles. The van der Waals surface area contributed by atoms with Crippen LogP contribution in [0.1, 0.15) is 41.2 Å². The third-order valence-corrected chi connectivity index (χ3v) is 6.26. The summed E-state index contributed by atoms with van der Waals surface area (Å²) in [5, 5.41) is 13.6. The van der Waals surface area contributed by atoms with Crippen LogP contribution < -0.4 is 15.4 Å². The van der Waals surface area contributed by atoms with Crippen LogP contribution in [-0.2, 0) is 4.79 Å². The third kappa shape index (κ3) is 3.99. The lowest BCUT2D eigenvalue weighted by Crippen LogP contribution is -2.33. The molecule has 1 aliphatic carbocycles. The number of hydrogen-bond acceptors (Lipinski definition) is 6. The highest BCUT2D eigenvalue weighted by molar-refractivity contribution is 6.30. The van der Waals surface area contributed by atoms with E-state index in [-0.39, 0.29) is 41.6 Å². The van der Waals surface area contributed by atoms with E-state index >= 15 is 0 Å². The number of amides is 1. The van der Waals surface area contributed by atoms with Crippen LogP contribution in [0.3, 0.4) is 0 Å². The van der Waals surface area contributed by atoms with Gasteiger partial charge in [0.25, 0.3) is 0 Å². The van der Waals surface area contributed by atoms with Gasteiger partial charge >= 0.3 is 6.01 Å². The van der Waals surface area contributed by atoms with Crippen molar-refractivity contribution in [2.75, 3.05) is 19.0 Å². The third-order valence-electron chi connectivity index (χ3n) is 6.03. The van der Waals surface area contributed by atoms with Crippen LogP contribution in [0.4, 0.5) is 19.2 Å². The van der Waals surface area contributed by atoms with Gasteiger partial charge in [-0.1, -0.05) is 22.8 Å². The van der Waals surface area contributed by atoms with Gasteiger partial charge in [-0.25, -0.2) is 13.2 Å². The van der Waals surface area contributed by atoms with E-state index in [0.717, 1.165) is 12.1 Å². The van der Waals surface area contributed by atoms with Crippen LogP contribution in [0.2, 0.25) is 5.02 Å². The molecule has 1 saturated carbocycles. The molecule has 4 atom stereocenters. The summed E-state index contributed by atoms with van der Waals surface area (Å²) in [6.45, 7) is 0.0260. The van der Waals surface area contributed by atoms with Gasteiger partial charge in [0.2, 0.25) is 11.8 Å². The lowest BCUT2D eigenvalue weighted by Gasteiger charge is -2.19. The molecule has 2 unspecified atom stereocenters. The summed E-state index contributed by atoms with van der Waals surface area (Å²) in [6.07, 6.45) is 0.620. The molecule has 1 aliphatic heterocycles.